The van der Waals surface area contributed by atoms with Crippen molar-refractivity contribution in [3.05, 3.63) is 42.4 Å². The Morgan fingerprint density at radius 3 is 2.65 bits per heavy atom. The number of hydrogen-bond acceptors (Lipinski definition) is 6. The van der Waals surface area contributed by atoms with Crippen LogP contribution in [0.5, 0.6) is 0 Å². The van der Waals surface area contributed by atoms with E-state index in [0.717, 1.165) is 11.1 Å². The summed E-state index contributed by atoms with van der Waals surface area (Å²) in [4.78, 5) is 12.9. The molecule has 0 saturated carbocycles. The van der Waals surface area contributed by atoms with Crippen molar-refractivity contribution in [1.82, 2.24) is 19.5 Å². The number of benzene rings is 1. The molecule has 0 spiro atoms. The van der Waals surface area contributed by atoms with E-state index in [2.05, 4.69) is 20.3 Å². The number of nitrogens with two attached hydrogens (primary N) is 1. The summed E-state index contributed by atoms with van der Waals surface area (Å²) in [5.41, 5.74) is 2.50. The van der Waals surface area contributed by atoms with Gasteiger partial charge in [0.2, 0.25) is 16.0 Å². The highest BCUT2D eigenvalue weighted by atomic mass is 32.2. The van der Waals surface area contributed by atoms with Crippen LogP contribution in [-0.2, 0) is 23.5 Å². The molecular formula is C14H16N6O2S. The van der Waals surface area contributed by atoms with Gasteiger partial charge in [0.1, 0.15) is 5.52 Å². The topological polar surface area (TPSA) is 116 Å². The van der Waals surface area contributed by atoms with Gasteiger partial charge in [-0.1, -0.05) is 12.1 Å². The van der Waals surface area contributed by atoms with Crippen molar-refractivity contribution in [1.29, 1.82) is 0 Å². The lowest BCUT2D eigenvalue weighted by molar-refractivity contribution is 0.598. The first-order chi connectivity index (χ1) is 10.9. The Balaban J connectivity index is 1.62. The minimum atomic E-state index is -3.65. The fourth-order valence-electron chi connectivity index (χ4n) is 2.16. The Morgan fingerprint density at radius 2 is 1.96 bits per heavy atom. The Bertz CT molecular complexity index is 934. The lowest BCUT2D eigenvalue weighted by Gasteiger charge is -2.05. The predicted octanol–water partition coefficient (Wildman–Crippen LogP) is 0.665. The third-order valence-electron chi connectivity index (χ3n) is 3.43. The molecule has 3 aromatic rings. The first-order valence-corrected chi connectivity index (χ1v) is 8.48. The van der Waals surface area contributed by atoms with Gasteiger partial charge in [0.05, 0.1) is 17.4 Å². The number of nitrogens with zero attached hydrogens (tertiary/aromatic N) is 4. The zero-order chi connectivity index (χ0) is 16.4. The molecule has 120 valence electrons. The van der Waals surface area contributed by atoms with Gasteiger partial charge in [-0.15, -0.1) is 0 Å². The largest absolute Gasteiger partial charge is 0.354 e. The van der Waals surface area contributed by atoms with E-state index in [4.69, 9.17) is 5.14 Å². The Hall–Kier alpha value is -2.52. The minimum absolute atomic E-state index is 0.109. The van der Waals surface area contributed by atoms with Crippen LogP contribution >= 0.6 is 0 Å². The van der Waals surface area contributed by atoms with E-state index in [9.17, 15) is 8.42 Å². The lowest BCUT2D eigenvalue weighted by atomic mass is 10.1. The summed E-state index contributed by atoms with van der Waals surface area (Å²) in [7, 11) is -1.76. The number of aromatic nitrogens is 4. The molecule has 0 atom stereocenters. The smallest absolute Gasteiger partial charge is 0.238 e. The Morgan fingerprint density at radius 1 is 1.22 bits per heavy atom. The zero-order valence-electron chi connectivity index (χ0n) is 12.5. The van der Waals surface area contributed by atoms with E-state index < -0.39 is 10.0 Å². The molecule has 2 aromatic heterocycles. The summed E-state index contributed by atoms with van der Waals surface area (Å²) < 4.78 is 24.2. The van der Waals surface area contributed by atoms with E-state index in [-0.39, 0.29) is 4.90 Å². The number of nitrogens with one attached hydrogen (secondary N) is 1. The first-order valence-electron chi connectivity index (χ1n) is 6.93. The molecule has 0 aliphatic heterocycles. The monoisotopic (exact) mass is 332 g/mol. The summed E-state index contributed by atoms with van der Waals surface area (Å²) in [6.07, 6.45) is 4.11. The van der Waals surface area contributed by atoms with Gasteiger partial charge in [-0.2, -0.15) is 4.98 Å². The normalized spacial score (nSPS) is 11.7. The molecule has 3 N–H and O–H groups in total. The second-order valence-corrected chi connectivity index (χ2v) is 6.69. The van der Waals surface area contributed by atoms with Crippen molar-refractivity contribution in [3.63, 3.8) is 0 Å². The molecular weight excluding hydrogens is 316 g/mol. The second kappa shape index (κ2) is 5.94. The zero-order valence-corrected chi connectivity index (χ0v) is 13.3. The maximum atomic E-state index is 11.2. The van der Waals surface area contributed by atoms with E-state index in [1.807, 2.05) is 11.6 Å². The van der Waals surface area contributed by atoms with Crippen LogP contribution in [0.15, 0.2) is 41.7 Å². The van der Waals surface area contributed by atoms with Crippen molar-refractivity contribution >= 4 is 27.1 Å². The molecule has 0 aliphatic rings. The summed E-state index contributed by atoms with van der Waals surface area (Å²) in [5.74, 6) is 0.511. The Labute approximate surface area is 133 Å². The van der Waals surface area contributed by atoms with Gasteiger partial charge in [0, 0.05) is 13.6 Å². The van der Waals surface area contributed by atoms with Crippen LogP contribution in [-0.4, -0.2) is 34.5 Å². The SMILES string of the molecule is Cn1cnc2nc(NCCc3ccc(S(N)(=O)=O)cc3)ncc21. The van der Waals surface area contributed by atoms with E-state index in [1.54, 1.807) is 24.7 Å². The number of aryl methyl sites for hydroxylation is 1. The van der Waals surface area contributed by atoms with Gasteiger partial charge in [0.25, 0.3) is 0 Å². The van der Waals surface area contributed by atoms with Gasteiger partial charge >= 0.3 is 0 Å². The maximum absolute atomic E-state index is 11.2. The van der Waals surface area contributed by atoms with Crippen molar-refractivity contribution in [2.45, 2.75) is 11.3 Å². The average Bonchev–Trinajstić information content (AvgIpc) is 2.88. The van der Waals surface area contributed by atoms with Crippen molar-refractivity contribution in [2.75, 3.05) is 11.9 Å². The lowest BCUT2D eigenvalue weighted by Crippen LogP contribution is -2.12. The van der Waals surface area contributed by atoms with E-state index >= 15 is 0 Å². The van der Waals surface area contributed by atoms with Crippen LogP contribution in [0.1, 0.15) is 5.56 Å². The third kappa shape index (κ3) is 3.46. The number of hydrogen-bond donors (Lipinski definition) is 2. The van der Waals surface area contributed by atoms with E-state index in [0.29, 0.717) is 24.6 Å². The van der Waals surface area contributed by atoms with Crippen molar-refractivity contribution < 1.29 is 8.42 Å². The summed E-state index contributed by atoms with van der Waals surface area (Å²) >= 11 is 0. The highest BCUT2D eigenvalue weighted by molar-refractivity contribution is 7.89. The number of primary sulfonamides is 1. The van der Waals surface area contributed by atoms with Gasteiger partial charge in [0.15, 0.2) is 5.65 Å². The van der Waals surface area contributed by atoms with Gasteiger partial charge in [-0.3, -0.25) is 0 Å². The molecule has 3 rings (SSSR count). The highest BCUT2D eigenvalue weighted by Gasteiger charge is 2.07. The fraction of sp³-hybridized carbons (Fsp3) is 0.214. The van der Waals surface area contributed by atoms with Crippen molar-refractivity contribution in [3.8, 4) is 0 Å². The molecule has 0 fully saturated rings. The number of rotatable bonds is 5. The van der Waals surface area contributed by atoms with Crippen LogP contribution < -0.4 is 10.5 Å². The predicted molar refractivity (Wildman–Crippen MR) is 86.3 cm³/mol. The van der Waals surface area contributed by atoms with Crippen LogP contribution in [0.3, 0.4) is 0 Å². The molecule has 8 nitrogen and oxygen atoms in total. The molecule has 0 unspecified atom stereocenters. The summed E-state index contributed by atoms with van der Waals surface area (Å²) in [5, 5.41) is 8.19. The molecule has 0 radical (unpaired) electrons. The maximum Gasteiger partial charge on any atom is 0.238 e. The van der Waals surface area contributed by atoms with Crippen LogP contribution in [0, 0.1) is 0 Å². The van der Waals surface area contributed by atoms with Gasteiger partial charge < -0.3 is 9.88 Å². The van der Waals surface area contributed by atoms with Gasteiger partial charge in [-0.05, 0) is 24.1 Å². The highest BCUT2D eigenvalue weighted by Crippen LogP contribution is 2.11. The minimum Gasteiger partial charge on any atom is -0.354 e. The van der Waals surface area contributed by atoms with Crippen molar-refractivity contribution in [2.24, 2.45) is 12.2 Å². The molecule has 0 amide bonds. The molecule has 9 heteroatoms. The van der Waals surface area contributed by atoms with Gasteiger partial charge in [-0.25, -0.2) is 23.5 Å². The molecule has 2 heterocycles. The van der Waals surface area contributed by atoms with Crippen LogP contribution in [0.4, 0.5) is 5.95 Å². The standard InChI is InChI=1S/C14H16N6O2S/c1-20-9-18-13-12(20)8-17-14(19-13)16-7-6-10-2-4-11(5-3-10)23(15,21)22/h2-5,8-9H,6-7H2,1H3,(H2,15,21,22)(H,16,17,19). The van der Waals surface area contributed by atoms with E-state index in [1.165, 1.54) is 12.1 Å². The molecule has 0 aliphatic carbocycles. The van der Waals surface area contributed by atoms with Crippen LogP contribution in [0.25, 0.3) is 11.2 Å². The molecule has 23 heavy (non-hydrogen) atoms. The number of sulfonamides is 1. The summed E-state index contributed by atoms with van der Waals surface area (Å²) in [6.45, 7) is 0.618. The number of fused-ring (bicyclic) bond motifs is 1. The number of anilines is 1. The third-order valence-corrected chi connectivity index (χ3v) is 4.36. The molecule has 0 bridgehead atoms. The Kier molecular flexibility index (Phi) is 3.97. The average molecular weight is 332 g/mol. The molecule has 0 saturated heterocycles. The number of imidazole rings is 1. The second-order valence-electron chi connectivity index (χ2n) is 5.12. The fourth-order valence-corrected chi connectivity index (χ4v) is 2.68. The first kappa shape index (κ1) is 15.4. The molecule has 1 aromatic carbocycles. The van der Waals surface area contributed by atoms with Crippen LogP contribution in [0.2, 0.25) is 0 Å². The summed E-state index contributed by atoms with van der Waals surface area (Å²) in [6, 6.07) is 6.48. The quantitative estimate of drug-likeness (QED) is 0.709.